The third-order valence-electron chi connectivity index (χ3n) is 3.16. The van der Waals surface area contributed by atoms with Crippen LogP contribution in [-0.2, 0) is 0 Å². The molecule has 0 aliphatic carbocycles. The summed E-state index contributed by atoms with van der Waals surface area (Å²) in [6.45, 7) is 12.3. The molecule has 1 aromatic rings. The molecular formula is C13H21N3. The number of aryl methyl sites for hydroxylation is 1. The molecule has 1 rings (SSSR count). The summed E-state index contributed by atoms with van der Waals surface area (Å²) in [5, 5.41) is 0. The first-order valence-corrected chi connectivity index (χ1v) is 5.68. The van der Waals surface area contributed by atoms with Crippen molar-refractivity contribution in [3.63, 3.8) is 0 Å². The number of aromatic nitrogens is 2. The normalized spacial score (nSPS) is 14.8. The van der Waals surface area contributed by atoms with Gasteiger partial charge in [-0.2, -0.15) is 0 Å². The largest absolute Gasteiger partial charge is 0.396 e. The lowest BCUT2D eigenvalue weighted by atomic mass is 9.82. The summed E-state index contributed by atoms with van der Waals surface area (Å²) in [5.41, 5.74) is 8.51. The first kappa shape index (κ1) is 12.7. The van der Waals surface area contributed by atoms with Crippen molar-refractivity contribution in [1.82, 2.24) is 9.97 Å². The Balaban J connectivity index is 3.08. The molecule has 0 amide bonds. The van der Waals surface area contributed by atoms with E-state index in [0.717, 1.165) is 11.4 Å². The van der Waals surface area contributed by atoms with Gasteiger partial charge < -0.3 is 5.73 Å². The van der Waals surface area contributed by atoms with Crippen molar-refractivity contribution in [2.75, 3.05) is 5.73 Å². The van der Waals surface area contributed by atoms with Crippen LogP contribution in [0.4, 0.5) is 5.69 Å². The van der Waals surface area contributed by atoms with Crippen molar-refractivity contribution in [3.8, 4) is 0 Å². The van der Waals surface area contributed by atoms with Crippen molar-refractivity contribution >= 4 is 5.69 Å². The summed E-state index contributed by atoms with van der Waals surface area (Å²) in [5.74, 6) is 1.19. The van der Waals surface area contributed by atoms with Gasteiger partial charge in [0.15, 0.2) is 0 Å². The monoisotopic (exact) mass is 219 g/mol. The molecule has 2 atom stereocenters. The zero-order valence-electron chi connectivity index (χ0n) is 10.6. The van der Waals surface area contributed by atoms with Crippen LogP contribution in [0.25, 0.3) is 0 Å². The first-order valence-electron chi connectivity index (χ1n) is 5.68. The molecule has 0 aliphatic rings. The molecule has 0 saturated heterocycles. The summed E-state index contributed by atoms with van der Waals surface area (Å²) in [7, 11) is 0. The van der Waals surface area contributed by atoms with E-state index < -0.39 is 0 Å². The van der Waals surface area contributed by atoms with Gasteiger partial charge >= 0.3 is 0 Å². The number of rotatable bonds is 4. The Hall–Kier alpha value is -1.38. The highest BCUT2D eigenvalue weighted by molar-refractivity contribution is 5.48. The Kier molecular flexibility index (Phi) is 4.05. The number of allylic oxidation sites excluding steroid dienone is 1. The molecule has 2 N–H and O–H groups in total. The molecule has 2 unspecified atom stereocenters. The predicted octanol–water partition coefficient (Wildman–Crippen LogP) is 2.93. The van der Waals surface area contributed by atoms with Gasteiger partial charge in [0.1, 0.15) is 6.33 Å². The fourth-order valence-electron chi connectivity index (χ4n) is 2.10. The van der Waals surface area contributed by atoms with Crippen molar-refractivity contribution < 1.29 is 0 Å². The average molecular weight is 219 g/mol. The summed E-state index contributed by atoms with van der Waals surface area (Å²) in [6.07, 6.45) is 3.57. The van der Waals surface area contributed by atoms with Gasteiger partial charge in [-0.25, -0.2) is 9.97 Å². The first-order chi connectivity index (χ1) is 7.49. The van der Waals surface area contributed by atoms with Crippen molar-refractivity contribution in [1.29, 1.82) is 0 Å². The average Bonchev–Trinajstić information content (AvgIpc) is 2.22. The van der Waals surface area contributed by atoms with E-state index in [-0.39, 0.29) is 5.92 Å². The van der Waals surface area contributed by atoms with E-state index in [4.69, 9.17) is 5.73 Å². The van der Waals surface area contributed by atoms with Gasteiger partial charge in [-0.15, -0.1) is 6.58 Å². The molecule has 0 fully saturated rings. The lowest BCUT2D eigenvalue weighted by Crippen LogP contribution is -2.17. The molecule has 0 spiro atoms. The molecule has 0 aromatic carbocycles. The van der Waals surface area contributed by atoms with Crippen LogP contribution >= 0.6 is 0 Å². The summed E-state index contributed by atoms with van der Waals surface area (Å²) in [6, 6.07) is 0. The molecule has 0 radical (unpaired) electrons. The summed E-state index contributed by atoms with van der Waals surface area (Å²) >= 11 is 0. The molecule has 16 heavy (non-hydrogen) atoms. The molecule has 3 heteroatoms. The second-order valence-electron chi connectivity index (χ2n) is 4.60. The second-order valence-corrected chi connectivity index (χ2v) is 4.60. The fraction of sp³-hybridized carbons (Fsp3) is 0.538. The van der Waals surface area contributed by atoms with Gasteiger partial charge in [-0.1, -0.05) is 26.8 Å². The van der Waals surface area contributed by atoms with Crippen LogP contribution in [0.15, 0.2) is 19.0 Å². The van der Waals surface area contributed by atoms with E-state index in [0.29, 0.717) is 17.5 Å². The molecule has 0 saturated carbocycles. The molecule has 0 bridgehead atoms. The minimum absolute atomic E-state index is 0.277. The van der Waals surface area contributed by atoms with Gasteiger partial charge in [0, 0.05) is 5.92 Å². The molecule has 1 aromatic heterocycles. The van der Waals surface area contributed by atoms with E-state index >= 15 is 0 Å². The molecular weight excluding hydrogens is 198 g/mol. The quantitative estimate of drug-likeness (QED) is 0.792. The molecule has 0 aliphatic heterocycles. The molecule has 1 heterocycles. The number of nitrogen functional groups attached to an aromatic ring is 1. The minimum Gasteiger partial charge on any atom is -0.396 e. The number of nitrogens with two attached hydrogens (primary N) is 1. The maximum Gasteiger partial charge on any atom is 0.116 e. The van der Waals surface area contributed by atoms with Gasteiger partial charge in [0.25, 0.3) is 0 Å². The predicted molar refractivity (Wildman–Crippen MR) is 68.1 cm³/mol. The zero-order chi connectivity index (χ0) is 12.3. The highest BCUT2D eigenvalue weighted by Crippen LogP contribution is 2.32. The number of hydrogen-bond donors (Lipinski definition) is 1. The van der Waals surface area contributed by atoms with E-state index in [1.54, 1.807) is 6.33 Å². The Labute approximate surface area is 97.8 Å². The van der Waals surface area contributed by atoms with E-state index in [1.165, 1.54) is 0 Å². The Morgan fingerprint density at radius 1 is 1.31 bits per heavy atom. The highest BCUT2D eigenvalue weighted by Gasteiger charge is 2.22. The Morgan fingerprint density at radius 2 is 1.94 bits per heavy atom. The lowest BCUT2D eigenvalue weighted by molar-refractivity contribution is 0.401. The summed E-state index contributed by atoms with van der Waals surface area (Å²) in [4.78, 5) is 8.40. The number of hydrogen-bond acceptors (Lipinski definition) is 3. The van der Waals surface area contributed by atoms with E-state index in [1.807, 2.05) is 13.0 Å². The maximum absolute atomic E-state index is 6.02. The van der Waals surface area contributed by atoms with Gasteiger partial charge in [0.05, 0.1) is 17.1 Å². The highest BCUT2D eigenvalue weighted by atomic mass is 14.9. The maximum atomic E-state index is 6.02. The van der Waals surface area contributed by atoms with E-state index in [9.17, 15) is 0 Å². The topological polar surface area (TPSA) is 51.8 Å². The third-order valence-corrected chi connectivity index (χ3v) is 3.16. The van der Waals surface area contributed by atoms with Crippen LogP contribution in [0.1, 0.15) is 38.1 Å². The smallest absolute Gasteiger partial charge is 0.116 e. The number of anilines is 1. The zero-order valence-corrected chi connectivity index (χ0v) is 10.6. The van der Waals surface area contributed by atoms with Gasteiger partial charge in [-0.05, 0) is 18.8 Å². The SMILES string of the molecule is C=CC(C(C)C)C(C)c1ncnc(C)c1N. The van der Waals surface area contributed by atoms with Crippen LogP contribution in [0.5, 0.6) is 0 Å². The molecule has 88 valence electrons. The Bertz CT molecular complexity index is 371. The van der Waals surface area contributed by atoms with Crippen molar-refractivity contribution in [3.05, 3.63) is 30.4 Å². The van der Waals surface area contributed by atoms with Gasteiger partial charge in [-0.3, -0.25) is 0 Å². The Morgan fingerprint density at radius 3 is 2.44 bits per heavy atom. The standard InChI is InChI=1S/C13H21N3/c1-6-11(8(2)3)9(4)13-12(14)10(5)15-7-16-13/h6-9,11H,1,14H2,2-5H3. The third kappa shape index (κ3) is 2.40. The summed E-state index contributed by atoms with van der Waals surface area (Å²) < 4.78 is 0. The van der Waals surface area contributed by atoms with Crippen molar-refractivity contribution in [2.24, 2.45) is 11.8 Å². The lowest BCUT2D eigenvalue weighted by Gasteiger charge is -2.24. The van der Waals surface area contributed by atoms with Crippen LogP contribution in [0.3, 0.4) is 0 Å². The minimum atomic E-state index is 0.277. The van der Waals surface area contributed by atoms with Crippen LogP contribution < -0.4 is 5.73 Å². The fourth-order valence-corrected chi connectivity index (χ4v) is 2.10. The van der Waals surface area contributed by atoms with Crippen molar-refractivity contribution in [2.45, 2.75) is 33.6 Å². The molecule has 3 nitrogen and oxygen atoms in total. The number of nitrogens with zero attached hydrogens (tertiary/aromatic N) is 2. The second kappa shape index (κ2) is 5.10. The van der Waals surface area contributed by atoms with Crippen LogP contribution in [0.2, 0.25) is 0 Å². The van der Waals surface area contributed by atoms with Gasteiger partial charge in [0.2, 0.25) is 0 Å². The van der Waals surface area contributed by atoms with Crippen LogP contribution in [0, 0.1) is 18.8 Å². The van der Waals surface area contributed by atoms with E-state index in [2.05, 4.69) is 37.3 Å². The van der Waals surface area contributed by atoms with Crippen LogP contribution in [-0.4, -0.2) is 9.97 Å².